The van der Waals surface area contributed by atoms with Crippen LogP contribution in [0.25, 0.3) is 11.0 Å². The number of hydrogen-bond acceptors (Lipinski definition) is 3. The van der Waals surface area contributed by atoms with Crippen molar-refractivity contribution in [1.29, 1.82) is 0 Å². The van der Waals surface area contributed by atoms with E-state index >= 15 is 0 Å². The fraction of sp³-hybridized carbons (Fsp3) is 0.471. The summed E-state index contributed by atoms with van der Waals surface area (Å²) in [5.41, 5.74) is 2.71. The van der Waals surface area contributed by atoms with E-state index < -0.39 is 0 Å². The molecule has 6 nitrogen and oxygen atoms in total. The number of nitrogens with zero attached hydrogens (tertiary/aromatic N) is 3. The van der Waals surface area contributed by atoms with E-state index in [9.17, 15) is 9.59 Å². The summed E-state index contributed by atoms with van der Waals surface area (Å²) in [5, 5.41) is 2.98. The van der Waals surface area contributed by atoms with Gasteiger partial charge in [-0.15, -0.1) is 0 Å². The number of carbonyl (C=O) groups is 2. The molecule has 0 radical (unpaired) electrons. The Bertz CT molecular complexity index is 757. The van der Waals surface area contributed by atoms with E-state index in [1.54, 1.807) is 11.8 Å². The Balaban J connectivity index is 1.67. The quantitative estimate of drug-likeness (QED) is 0.923. The summed E-state index contributed by atoms with van der Waals surface area (Å²) in [6.45, 7) is 4.85. The highest BCUT2D eigenvalue weighted by molar-refractivity contribution is 5.94. The van der Waals surface area contributed by atoms with Gasteiger partial charge in [-0.2, -0.15) is 0 Å². The molecule has 1 saturated heterocycles. The second kappa shape index (κ2) is 6.02. The van der Waals surface area contributed by atoms with Crippen LogP contribution >= 0.6 is 0 Å². The Morgan fingerprint density at radius 2 is 1.96 bits per heavy atom. The van der Waals surface area contributed by atoms with Gasteiger partial charge in [0, 0.05) is 38.7 Å². The lowest BCUT2D eigenvalue weighted by Gasteiger charge is -2.30. The monoisotopic (exact) mass is 314 g/mol. The molecule has 23 heavy (non-hydrogen) atoms. The van der Waals surface area contributed by atoms with Gasteiger partial charge in [0.15, 0.2) is 0 Å². The van der Waals surface area contributed by atoms with Crippen molar-refractivity contribution in [2.45, 2.75) is 26.7 Å². The molecule has 1 aliphatic heterocycles. The van der Waals surface area contributed by atoms with Gasteiger partial charge in [0.2, 0.25) is 11.8 Å². The van der Waals surface area contributed by atoms with Crippen LogP contribution in [0.3, 0.4) is 0 Å². The molecular formula is C17H22N4O2. The Hall–Kier alpha value is -2.37. The third kappa shape index (κ3) is 3.06. The van der Waals surface area contributed by atoms with Gasteiger partial charge < -0.3 is 14.8 Å². The predicted octanol–water partition coefficient (Wildman–Crippen LogP) is 2.08. The van der Waals surface area contributed by atoms with Crippen molar-refractivity contribution in [1.82, 2.24) is 14.5 Å². The summed E-state index contributed by atoms with van der Waals surface area (Å²) in [6.07, 6.45) is 1.44. The highest BCUT2D eigenvalue weighted by atomic mass is 16.2. The van der Waals surface area contributed by atoms with Gasteiger partial charge in [-0.05, 0) is 38.0 Å². The topological polar surface area (TPSA) is 67.2 Å². The van der Waals surface area contributed by atoms with Crippen molar-refractivity contribution >= 4 is 28.5 Å². The summed E-state index contributed by atoms with van der Waals surface area (Å²) in [4.78, 5) is 30.0. The summed E-state index contributed by atoms with van der Waals surface area (Å²) in [6, 6.07) is 5.79. The highest BCUT2D eigenvalue weighted by Gasteiger charge is 2.26. The average molecular weight is 314 g/mol. The van der Waals surface area contributed by atoms with Crippen molar-refractivity contribution in [3.63, 3.8) is 0 Å². The maximum absolute atomic E-state index is 12.4. The fourth-order valence-corrected chi connectivity index (χ4v) is 3.10. The lowest BCUT2D eigenvalue weighted by molar-refractivity contribution is -0.132. The van der Waals surface area contributed by atoms with Crippen LogP contribution in [-0.2, 0) is 16.6 Å². The summed E-state index contributed by atoms with van der Waals surface area (Å²) < 4.78 is 2.03. The first-order chi connectivity index (χ1) is 11.0. The van der Waals surface area contributed by atoms with E-state index in [1.807, 2.05) is 36.7 Å². The molecule has 0 saturated carbocycles. The molecular weight excluding hydrogens is 292 g/mol. The van der Waals surface area contributed by atoms with Crippen molar-refractivity contribution in [2.24, 2.45) is 13.0 Å². The molecule has 0 atom stereocenters. The number of aromatic nitrogens is 2. The van der Waals surface area contributed by atoms with E-state index in [-0.39, 0.29) is 17.7 Å². The number of amides is 2. The average Bonchev–Trinajstić information content (AvgIpc) is 2.81. The first-order valence-electron chi connectivity index (χ1n) is 7.95. The van der Waals surface area contributed by atoms with Crippen LogP contribution in [0.1, 0.15) is 25.6 Å². The highest BCUT2D eigenvalue weighted by Crippen LogP contribution is 2.22. The van der Waals surface area contributed by atoms with Crippen molar-refractivity contribution in [3.05, 3.63) is 24.0 Å². The van der Waals surface area contributed by atoms with E-state index in [0.29, 0.717) is 13.1 Å². The van der Waals surface area contributed by atoms with Crippen LogP contribution in [0.2, 0.25) is 0 Å². The van der Waals surface area contributed by atoms with E-state index in [2.05, 4.69) is 10.3 Å². The van der Waals surface area contributed by atoms with E-state index in [4.69, 9.17) is 0 Å². The third-order valence-corrected chi connectivity index (χ3v) is 4.68. The maximum Gasteiger partial charge on any atom is 0.227 e. The Morgan fingerprint density at radius 3 is 2.61 bits per heavy atom. The Kier molecular flexibility index (Phi) is 4.07. The third-order valence-electron chi connectivity index (χ3n) is 4.68. The number of fused-ring (bicyclic) bond motifs is 1. The zero-order valence-corrected chi connectivity index (χ0v) is 13.8. The van der Waals surface area contributed by atoms with E-state index in [0.717, 1.165) is 35.4 Å². The first-order valence-corrected chi connectivity index (χ1v) is 7.95. The molecule has 0 spiro atoms. The van der Waals surface area contributed by atoms with Gasteiger partial charge in [0.25, 0.3) is 0 Å². The molecule has 1 fully saturated rings. The SMILES string of the molecule is CC(=O)N1CCC(C(=O)Nc2ccc3c(c2)nc(C)n3C)CC1. The molecule has 2 amide bonds. The maximum atomic E-state index is 12.4. The minimum Gasteiger partial charge on any atom is -0.343 e. The van der Waals surface area contributed by atoms with Crippen LogP contribution in [0.4, 0.5) is 5.69 Å². The Morgan fingerprint density at radius 1 is 1.26 bits per heavy atom. The number of likely N-dealkylation sites (tertiary alicyclic amines) is 1. The molecule has 0 bridgehead atoms. The molecule has 2 heterocycles. The minimum absolute atomic E-state index is 0.0280. The lowest BCUT2D eigenvalue weighted by atomic mass is 9.96. The van der Waals surface area contributed by atoms with E-state index in [1.165, 1.54) is 0 Å². The lowest BCUT2D eigenvalue weighted by Crippen LogP contribution is -2.40. The number of anilines is 1. The molecule has 1 N–H and O–H groups in total. The molecule has 1 aromatic heterocycles. The van der Waals surface area contributed by atoms with Gasteiger partial charge in [0.1, 0.15) is 5.82 Å². The molecule has 3 rings (SSSR count). The van der Waals surface area contributed by atoms with Gasteiger partial charge in [-0.25, -0.2) is 4.98 Å². The van der Waals surface area contributed by atoms with Crippen LogP contribution in [-0.4, -0.2) is 39.4 Å². The Labute approximate surface area is 135 Å². The van der Waals surface area contributed by atoms with Gasteiger partial charge >= 0.3 is 0 Å². The van der Waals surface area contributed by atoms with Crippen LogP contribution in [0, 0.1) is 12.8 Å². The zero-order chi connectivity index (χ0) is 16.6. The number of hydrogen-bond donors (Lipinski definition) is 1. The first kappa shape index (κ1) is 15.5. The van der Waals surface area contributed by atoms with Gasteiger partial charge in [-0.3, -0.25) is 9.59 Å². The largest absolute Gasteiger partial charge is 0.343 e. The van der Waals surface area contributed by atoms with Gasteiger partial charge in [-0.1, -0.05) is 0 Å². The predicted molar refractivity (Wildman–Crippen MR) is 89.1 cm³/mol. The van der Waals surface area contributed by atoms with Crippen LogP contribution < -0.4 is 5.32 Å². The number of nitrogens with one attached hydrogen (secondary N) is 1. The number of benzene rings is 1. The van der Waals surface area contributed by atoms with Crippen molar-refractivity contribution in [2.75, 3.05) is 18.4 Å². The smallest absolute Gasteiger partial charge is 0.227 e. The number of piperidine rings is 1. The molecule has 122 valence electrons. The second-order valence-electron chi connectivity index (χ2n) is 6.19. The minimum atomic E-state index is -0.0354. The normalized spacial score (nSPS) is 15.9. The standard InChI is InChI=1S/C17H22N4O2/c1-11-18-15-10-14(4-5-16(15)20(11)3)19-17(23)13-6-8-21(9-7-13)12(2)22/h4-5,10,13H,6-9H2,1-3H3,(H,19,23). The molecule has 0 unspecified atom stereocenters. The summed E-state index contributed by atoms with van der Waals surface area (Å²) in [7, 11) is 1.98. The van der Waals surface area contributed by atoms with Gasteiger partial charge in [0.05, 0.1) is 11.0 Å². The number of imidazole rings is 1. The summed E-state index contributed by atoms with van der Waals surface area (Å²) >= 11 is 0. The second-order valence-corrected chi connectivity index (χ2v) is 6.19. The molecule has 6 heteroatoms. The summed E-state index contributed by atoms with van der Waals surface area (Å²) in [5.74, 6) is 1.02. The fourth-order valence-electron chi connectivity index (χ4n) is 3.10. The number of rotatable bonds is 2. The van der Waals surface area contributed by atoms with Crippen LogP contribution in [0.15, 0.2) is 18.2 Å². The molecule has 1 aromatic carbocycles. The van der Waals surface area contributed by atoms with Crippen molar-refractivity contribution in [3.8, 4) is 0 Å². The number of aryl methyl sites for hydroxylation is 2. The molecule has 0 aliphatic carbocycles. The molecule has 1 aliphatic rings. The zero-order valence-electron chi connectivity index (χ0n) is 13.8. The molecule has 2 aromatic rings. The van der Waals surface area contributed by atoms with Crippen LogP contribution in [0.5, 0.6) is 0 Å². The number of carbonyl (C=O) groups excluding carboxylic acids is 2. The van der Waals surface area contributed by atoms with Crippen molar-refractivity contribution < 1.29 is 9.59 Å².